The minimum atomic E-state index is -0.563. The topological polar surface area (TPSA) is 73.6 Å². The van der Waals surface area contributed by atoms with Crippen LogP contribution in [-0.2, 0) is 4.79 Å². The van der Waals surface area contributed by atoms with Crippen LogP contribution in [0.25, 0.3) is 28.4 Å². The highest BCUT2D eigenvalue weighted by molar-refractivity contribution is 9.10. The van der Waals surface area contributed by atoms with E-state index in [9.17, 15) is 9.59 Å². The summed E-state index contributed by atoms with van der Waals surface area (Å²) in [7, 11) is 0. The van der Waals surface area contributed by atoms with Crippen molar-refractivity contribution in [1.29, 1.82) is 0 Å². The molecule has 4 aromatic carbocycles. The average Bonchev–Trinajstić information content (AvgIpc) is 2.93. The van der Waals surface area contributed by atoms with Gasteiger partial charge < -0.3 is 4.74 Å². The molecule has 0 unspecified atom stereocenters. The highest BCUT2D eigenvalue weighted by Crippen LogP contribution is 2.24. The second-order valence-electron chi connectivity index (χ2n) is 8.67. The maximum atomic E-state index is 13.5. The lowest BCUT2D eigenvalue weighted by Gasteiger charge is -2.11. The van der Waals surface area contributed by atoms with Crippen LogP contribution in [0, 0.1) is 6.92 Å². The zero-order chi connectivity index (χ0) is 27.4. The third-order valence-corrected chi connectivity index (χ3v) is 6.55. The van der Waals surface area contributed by atoms with Crippen molar-refractivity contribution in [3.8, 4) is 17.1 Å². The highest BCUT2D eigenvalue weighted by Gasteiger charge is 2.13. The van der Waals surface area contributed by atoms with Crippen molar-refractivity contribution in [2.45, 2.75) is 6.92 Å². The van der Waals surface area contributed by atoms with Crippen LogP contribution < -0.4 is 10.3 Å². The second kappa shape index (κ2) is 11.6. The number of para-hydroxylation sites is 1. The number of ether oxygens (including phenoxy) is 1. The predicted octanol–water partition coefficient (Wildman–Crippen LogP) is 7.29. The molecule has 0 spiro atoms. The van der Waals surface area contributed by atoms with E-state index in [1.807, 2.05) is 37.3 Å². The van der Waals surface area contributed by atoms with E-state index >= 15 is 0 Å². The van der Waals surface area contributed by atoms with Crippen molar-refractivity contribution in [1.82, 2.24) is 9.66 Å². The standard InChI is InChI=1S/C31H21BrClN3O3/c1-20-5-4-6-22(17-20)30-35-27-8-3-2-7-26(27)31(38)36(30)34-19-23-18-24(32)12-15-28(23)39-29(37)16-11-21-9-13-25(33)14-10-21/h2-19H,1H3/b16-11+,34-19?. The summed E-state index contributed by atoms with van der Waals surface area (Å²) in [5, 5.41) is 5.57. The van der Waals surface area contributed by atoms with Crippen LogP contribution in [0.1, 0.15) is 16.7 Å². The van der Waals surface area contributed by atoms with E-state index in [1.54, 1.807) is 66.7 Å². The van der Waals surface area contributed by atoms with Crippen LogP contribution in [-0.4, -0.2) is 21.8 Å². The molecule has 0 aliphatic carbocycles. The zero-order valence-electron chi connectivity index (χ0n) is 20.7. The van der Waals surface area contributed by atoms with Gasteiger partial charge in [-0.2, -0.15) is 9.78 Å². The fourth-order valence-electron chi connectivity index (χ4n) is 3.92. The molecule has 5 aromatic rings. The van der Waals surface area contributed by atoms with Gasteiger partial charge in [-0.05, 0) is 67.1 Å². The Morgan fingerprint density at radius 3 is 2.59 bits per heavy atom. The number of aromatic nitrogens is 2. The molecular weight excluding hydrogens is 578 g/mol. The fraction of sp³-hybridized carbons (Fsp3) is 0.0323. The number of hydrogen-bond acceptors (Lipinski definition) is 5. The first-order valence-electron chi connectivity index (χ1n) is 12.0. The first kappa shape index (κ1) is 26.3. The van der Waals surface area contributed by atoms with Gasteiger partial charge in [0.05, 0.1) is 17.1 Å². The molecule has 6 nitrogen and oxygen atoms in total. The zero-order valence-corrected chi connectivity index (χ0v) is 23.1. The van der Waals surface area contributed by atoms with Gasteiger partial charge in [0, 0.05) is 26.7 Å². The van der Waals surface area contributed by atoms with Crippen LogP contribution in [0.5, 0.6) is 5.75 Å². The maximum absolute atomic E-state index is 13.5. The highest BCUT2D eigenvalue weighted by atomic mass is 79.9. The number of aryl methyl sites for hydroxylation is 1. The largest absolute Gasteiger partial charge is 0.423 e. The molecule has 0 saturated carbocycles. The summed E-state index contributed by atoms with van der Waals surface area (Å²) in [5.74, 6) is 0.122. The van der Waals surface area contributed by atoms with Crippen LogP contribution >= 0.6 is 27.5 Å². The van der Waals surface area contributed by atoms with Gasteiger partial charge in [0.15, 0.2) is 5.82 Å². The minimum Gasteiger partial charge on any atom is -0.423 e. The molecule has 39 heavy (non-hydrogen) atoms. The first-order valence-corrected chi connectivity index (χ1v) is 13.1. The summed E-state index contributed by atoms with van der Waals surface area (Å²) in [4.78, 5) is 30.8. The lowest BCUT2D eigenvalue weighted by Crippen LogP contribution is -2.20. The van der Waals surface area contributed by atoms with E-state index in [1.165, 1.54) is 17.0 Å². The summed E-state index contributed by atoms with van der Waals surface area (Å²) >= 11 is 9.37. The van der Waals surface area contributed by atoms with Gasteiger partial charge in [0.25, 0.3) is 5.56 Å². The maximum Gasteiger partial charge on any atom is 0.336 e. The number of hydrogen-bond donors (Lipinski definition) is 0. The van der Waals surface area contributed by atoms with Gasteiger partial charge in [-0.1, -0.05) is 75.6 Å². The monoisotopic (exact) mass is 597 g/mol. The molecule has 0 bridgehead atoms. The molecule has 0 atom stereocenters. The molecule has 0 aliphatic rings. The molecule has 8 heteroatoms. The predicted molar refractivity (Wildman–Crippen MR) is 159 cm³/mol. The number of halogens is 2. The van der Waals surface area contributed by atoms with Gasteiger partial charge in [-0.25, -0.2) is 9.78 Å². The number of nitrogens with zero attached hydrogens (tertiary/aromatic N) is 3. The third kappa shape index (κ3) is 6.22. The Hall–Kier alpha value is -4.33. The summed E-state index contributed by atoms with van der Waals surface area (Å²) < 4.78 is 7.62. The minimum absolute atomic E-state index is 0.284. The molecule has 5 rings (SSSR count). The summed E-state index contributed by atoms with van der Waals surface area (Å²) in [6.45, 7) is 1.97. The SMILES string of the molecule is Cc1cccc(-c2nc3ccccc3c(=O)n2N=Cc2cc(Br)ccc2OC(=O)/C=C/c2ccc(Cl)cc2)c1. The number of carbonyl (C=O) groups is 1. The van der Waals surface area contributed by atoms with E-state index in [0.717, 1.165) is 21.2 Å². The summed E-state index contributed by atoms with van der Waals surface area (Å²) in [5.41, 5.74) is 3.35. The van der Waals surface area contributed by atoms with Gasteiger partial charge in [-0.15, -0.1) is 0 Å². The number of rotatable bonds is 6. The average molecular weight is 599 g/mol. The summed E-state index contributed by atoms with van der Waals surface area (Å²) in [6.07, 6.45) is 4.45. The van der Waals surface area contributed by atoms with Crippen molar-refractivity contribution in [2.24, 2.45) is 5.10 Å². The van der Waals surface area contributed by atoms with Gasteiger partial charge >= 0.3 is 5.97 Å². The van der Waals surface area contributed by atoms with E-state index in [0.29, 0.717) is 27.3 Å². The molecule has 0 fully saturated rings. The molecular formula is C31H21BrClN3O3. The first-order chi connectivity index (χ1) is 18.9. The molecule has 0 aliphatic heterocycles. The van der Waals surface area contributed by atoms with Crippen LogP contribution in [0.2, 0.25) is 5.02 Å². The molecule has 0 radical (unpaired) electrons. The molecule has 0 amide bonds. The Morgan fingerprint density at radius 2 is 1.79 bits per heavy atom. The van der Waals surface area contributed by atoms with Gasteiger partial charge in [0.1, 0.15) is 5.75 Å². The van der Waals surface area contributed by atoms with Crippen molar-refractivity contribution in [3.05, 3.63) is 134 Å². The third-order valence-electron chi connectivity index (χ3n) is 5.81. The number of fused-ring (bicyclic) bond motifs is 1. The van der Waals surface area contributed by atoms with Crippen molar-refractivity contribution < 1.29 is 9.53 Å². The smallest absolute Gasteiger partial charge is 0.336 e. The van der Waals surface area contributed by atoms with E-state index in [4.69, 9.17) is 21.3 Å². The quantitative estimate of drug-likeness (QED) is 0.0891. The van der Waals surface area contributed by atoms with Crippen molar-refractivity contribution in [2.75, 3.05) is 0 Å². The summed E-state index contributed by atoms with van der Waals surface area (Å²) in [6, 6.07) is 27.1. The number of esters is 1. The van der Waals surface area contributed by atoms with Crippen LogP contribution in [0.4, 0.5) is 0 Å². The van der Waals surface area contributed by atoms with E-state index in [2.05, 4.69) is 21.0 Å². The Morgan fingerprint density at radius 1 is 1.00 bits per heavy atom. The normalized spacial score (nSPS) is 11.5. The second-order valence-corrected chi connectivity index (χ2v) is 10.0. The van der Waals surface area contributed by atoms with Crippen molar-refractivity contribution >= 4 is 56.7 Å². The molecule has 0 saturated heterocycles. The van der Waals surface area contributed by atoms with Crippen LogP contribution in [0.3, 0.4) is 0 Å². The number of carbonyl (C=O) groups excluding carboxylic acids is 1. The fourth-order valence-corrected chi connectivity index (χ4v) is 4.42. The Labute approximate surface area is 238 Å². The lowest BCUT2D eigenvalue weighted by molar-refractivity contribution is -0.128. The van der Waals surface area contributed by atoms with E-state index in [-0.39, 0.29) is 11.3 Å². The molecule has 1 aromatic heterocycles. The number of benzene rings is 4. The van der Waals surface area contributed by atoms with Gasteiger partial charge in [-0.3, -0.25) is 4.79 Å². The van der Waals surface area contributed by atoms with Crippen molar-refractivity contribution in [3.63, 3.8) is 0 Å². The Balaban J connectivity index is 1.52. The Bertz CT molecular complexity index is 1810. The van der Waals surface area contributed by atoms with E-state index < -0.39 is 5.97 Å². The van der Waals surface area contributed by atoms with Crippen LogP contribution in [0.15, 0.2) is 111 Å². The molecule has 0 N–H and O–H groups in total. The molecule has 192 valence electrons. The Kier molecular flexibility index (Phi) is 7.81. The van der Waals surface area contributed by atoms with Gasteiger partial charge in [0.2, 0.25) is 0 Å². The molecule has 1 heterocycles. The lowest BCUT2D eigenvalue weighted by atomic mass is 10.1.